The van der Waals surface area contributed by atoms with E-state index < -0.39 is 10.8 Å². The normalized spacial score (nSPS) is 13.9. The predicted molar refractivity (Wildman–Crippen MR) is 115 cm³/mol. The number of aromatic nitrogens is 4. The topological polar surface area (TPSA) is 141 Å². The zero-order chi connectivity index (χ0) is 22.3. The second-order valence-electron chi connectivity index (χ2n) is 6.91. The maximum Gasteiger partial charge on any atom is 0.293 e. The zero-order valence-electron chi connectivity index (χ0n) is 17.0. The Balaban J connectivity index is 1.37. The van der Waals surface area contributed by atoms with Crippen molar-refractivity contribution >= 4 is 23.5 Å². The van der Waals surface area contributed by atoms with E-state index in [0.717, 1.165) is 10.4 Å². The first kappa shape index (κ1) is 21.1. The molecule has 2 aromatic carbocycles. The molecule has 0 spiro atoms. The fraction of sp³-hybridized carbons (Fsp3) is 0.250. The van der Waals surface area contributed by atoms with Crippen LogP contribution in [0, 0.1) is 10.1 Å². The Morgan fingerprint density at radius 2 is 2.00 bits per heavy atom. The van der Waals surface area contributed by atoms with Crippen LogP contribution in [-0.2, 0) is 16.1 Å². The van der Waals surface area contributed by atoms with Crippen LogP contribution in [0.25, 0.3) is 11.4 Å². The molecule has 0 atom stereocenters. The number of hydrogen-bond donors (Lipinski definition) is 1. The summed E-state index contributed by atoms with van der Waals surface area (Å²) in [6.07, 6.45) is 1.35. The molecule has 1 N–H and O–H groups in total. The molecule has 4 rings (SSSR count). The summed E-state index contributed by atoms with van der Waals surface area (Å²) in [6.45, 7) is 2.06. The zero-order valence-corrected chi connectivity index (χ0v) is 17.0. The van der Waals surface area contributed by atoms with Crippen LogP contribution in [0.4, 0.5) is 11.4 Å². The van der Waals surface area contributed by atoms with Crippen molar-refractivity contribution in [3.8, 4) is 11.4 Å². The summed E-state index contributed by atoms with van der Waals surface area (Å²) < 4.78 is 5.30. The maximum atomic E-state index is 12.1. The molecule has 0 bridgehead atoms. The third kappa shape index (κ3) is 5.10. The van der Waals surface area contributed by atoms with Gasteiger partial charge in [-0.05, 0) is 11.3 Å². The first-order valence-corrected chi connectivity index (χ1v) is 9.86. The standard InChI is InChI=1S/C20H20N8O4/c29-19(14-27-24-20(23-25-27)16-4-2-1-3-5-16)22-21-13-15-6-7-17(18(12-15)28(30)31)26-8-10-32-11-9-26/h1-7,12-13H,8-11,14H2,(H,22,29). The molecule has 0 saturated carbocycles. The number of nitrogens with one attached hydrogen (secondary N) is 1. The van der Waals surface area contributed by atoms with Gasteiger partial charge in [-0.3, -0.25) is 14.9 Å². The smallest absolute Gasteiger partial charge is 0.293 e. The van der Waals surface area contributed by atoms with Crippen molar-refractivity contribution in [3.05, 3.63) is 64.2 Å². The van der Waals surface area contributed by atoms with E-state index >= 15 is 0 Å². The summed E-state index contributed by atoms with van der Waals surface area (Å²) in [7, 11) is 0. The Morgan fingerprint density at radius 3 is 2.75 bits per heavy atom. The van der Waals surface area contributed by atoms with Crippen molar-refractivity contribution in [2.24, 2.45) is 5.10 Å². The molecule has 1 fully saturated rings. The molecule has 1 aromatic heterocycles. The number of carbonyl (C=O) groups is 1. The van der Waals surface area contributed by atoms with E-state index in [-0.39, 0.29) is 12.2 Å². The molecule has 0 radical (unpaired) electrons. The van der Waals surface area contributed by atoms with Crippen LogP contribution < -0.4 is 10.3 Å². The number of nitro benzene ring substituents is 1. The van der Waals surface area contributed by atoms with Gasteiger partial charge in [0.15, 0.2) is 0 Å². The number of nitro groups is 1. The maximum absolute atomic E-state index is 12.1. The van der Waals surface area contributed by atoms with E-state index in [0.29, 0.717) is 43.4 Å². The Bertz CT molecular complexity index is 1130. The molecular formula is C20H20N8O4. The molecule has 1 aliphatic rings. The Hall–Kier alpha value is -4.19. The Kier molecular flexibility index (Phi) is 6.41. The number of hydrazone groups is 1. The number of anilines is 1. The number of nitrogens with zero attached hydrogens (tertiary/aromatic N) is 7. The minimum Gasteiger partial charge on any atom is -0.378 e. The average molecular weight is 436 g/mol. The highest BCUT2D eigenvalue weighted by Gasteiger charge is 2.21. The molecule has 0 aliphatic carbocycles. The van der Waals surface area contributed by atoms with Crippen molar-refractivity contribution in [2.45, 2.75) is 6.54 Å². The largest absolute Gasteiger partial charge is 0.378 e. The predicted octanol–water partition coefficient (Wildman–Crippen LogP) is 1.24. The van der Waals surface area contributed by atoms with Crippen LogP contribution in [0.2, 0.25) is 0 Å². The lowest BCUT2D eigenvalue weighted by atomic mass is 10.1. The van der Waals surface area contributed by atoms with Gasteiger partial charge >= 0.3 is 0 Å². The van der Waals surface area contributed by atoms with Gasteiger partial charge in [-0.1, -0.05) is 36.4 Å². The van der Waals surface area contributed by atoms with Crippen molar-refractivity contribution in [2.75, 3.05) is 31.2 Å². The van der Waals surface area contributed by atoms with Gasteiger partial charge in [0.05, 0.1) is 24.4 Å². The molecule has 3 aromatic rings. The van der Waals surface area contributed by atoms with Gasteiger partial charge in [-0.2, -0.15) is 9.90 Å². The Morgan fingerprint density at radius 1 is 1.22 bits per heavy atom. The number of rotatable bonds is 7. The van der Waals surface area contributed by atoms with Crippen LogP contribution >= 0.6 is 0 Å². The third-order valence-electron chi connectivity index (χ3n) is 4.72. The van der Waals surface area contributed by atoms with Gasteiger partial charge in [-0.25, -0.2) is 5.43 Å². The second kappa shape index (κ2) is 9.75. The van der Waals surface area contributed by atoms with Gasteiger partial charge in [0.1, 0.15) is 12.2 Å². The van der Waals surface area contributed by atoms with Crippen LogP contribution in [0.5, 0.6) is 0 Å². The van der Waals surface area contributed by atoms with Crippen molar-refractivity contribution in [1.29, 1.82) is 0 Å². The molecular weight excluding hydrogens is 416 g/mol. The van der Waals surface area contributed by atoms with E-state index in [1.54, 1.807) is 12.1 Å². The van der Waals surface area contributed by atoms with E-state index in [9.17, 15) is 14.9 Å². The van der Waals surface area contributed by atoms with E-state index in [1.807, 2.05) is 35.2 Å². The highest BCUT2D eigenvalue weighted by atomic mass is 16.6. The van der Waals surface area contributed by atoms with Crippen LogP contribution in [0.15, 0.2) is 53.6 Å². The molecule has 12 heteroatoms. The van der Waals surface area contributed by atoms with Crippen molar-refractivity contribution in [1.82, 2.24) is 25.6 Å². The minimum atomic E-state index is -0.460. The summed E-state index contributed by atoms with van der Waals surface area (Å²) >= 11 is 0. The summed E-state index contributed by atoms with van der Waals surface area (Å²) in [6, 6.07) is 14.1. The fourth-order valence-electron chi connectivity index (χ4n) is 3.19. The van der Waals surface area contributed by atoms with Gasteiger partial charge < -0.3 is 9.64 Å². The van der Waals surface area contributed by atoms with Gasteiger partial charge in [-0.15, -0.1) is 10.2 Å². The molecule has 2 heterocycles. The lowest BCUT2D eigenvalue weighted by molar-refractivity contribution is -0.384. The Labute approximate surface area is 182 Å². The molecule has 32 heavy (non-hydrogen) atoms. The molecule has 0 unspecified atom stereocenters. The monoisotopic (exact) mass is 436 g/mol. The summed E-state index contributed by atoms with van der Waals surface area (Å²) in [4.78, 5) is 26.3. The quantitative estimate of drug-likeness (QED) is 0.331. The molecule has 1 saturated heterocycles. The molecule has 12 nitrogen and oxygen atoms in total. The number of ether oxygens (including phenoxy) is 1. The lowest BCUT2D eigenvalue weighted by Gasteiger charge is -2.28. The van der Waals surface area contributed by atoms with Gasteiger partial charge in [0.2, 0.25) is 5.82 Å². The first-order valence-electron chi connectivity index (χ1n) is 9.86. The van der Waals surface area contributed by atoms with Gasteiger partial charge in [0.25, 0.3) is 11.6 Å². The van der Waals surface area contributed by atoms with E-state index in [1.165, 1.54) is 12.3 Å². The minimum absolute atomic E-state index is 0.0255. The lowest BCUT2D eigenvalue weighted by Crippen LogP contribution is -2.36. The van der Waals surface area contributed by atoms with Gasteiger partial charge in [0, 0.05) is 30.3 Å². The molecule has 164 valence electrons. The third-order valence-corrected chi connectivity index (χ3v) is 4.72. The second-order valence-corrected chi connectivity index (χ2v) is 6.91. The number of amides is 1. The summed E-state index contributed by atoms with van der Waals surface area (Å²) in [5.74, 6) is -0.0488. The number of morpholine rings is 1. The summed E-state index contributed by atoms with van der Waals surface area (Å²) in [5, 5.41) is 27.3. The average Bonchev–Trinajstić information content (AvgIpc) is 3.28. The van der Waals surface area contributed by atoms with Crippen LogP contribution in [0.1, 0.15) is 5.56 Å². The van der Waals surface area contributed by atoms with Crippen LogP contribution in [0.3, 0.4) is 0 Å². The molecule has 1 aliphatic heterocycles. The van der Waals surface area contributed by atoms with Crippen LogP contribution in [-0.4, -0.2) is 63.6 Å². The first-order chi connectivity index (χ1) is 15.6. The SMILES string of the molecule is O=C(Cn1nnc(-c2ccccc2)n1)NN=Cc1ccc(N2CCOCC2)c([N+](=O)[O-])c1. The molecule has 1 amide bonds. The van der Waals surface area contributed by atoms with E-state index in [2.05, 4.69) is 25.9 Å². The van der Waals surface area contributed by atoms with E-state index in [4.69, 9.17) is 4.74 Å². The van der Waals surface area contributed by atoms with Crippen molar-refractivity contribution < 1.29 is 14.5 Å². The number of tetrazole rings is 1. The highest BCUT2D eigenvalue weighted by Crippen LogP contribution is 2.29. The summed E-state index contributed by atoms with van der Waals surface area (Å²) in [5.41, 5.74) is 4.14. The number of hydrogen-bond acceptors (Lipinski definition) is 9. The van der Waals surface area contributed by atoms with Crippen molar-refractivity contribution in [3.63, 3.8) is 0 Å². The highest BCUT2D eigenvalue weighted by molar-refractivity contribution is 5.84. The fourth-order valence-corrected chi connectivity index (χ4v) is 3.19. The number of carbonyl (C=O) groups excluding carboxylic acids is 1. The number of benzene rings is 2.